The average molecular weight is 532 g/mol. The molecule has 3 aliphatic rings. The van der Waals surface area contributed by atoms with E-state index in [0.29, 0.717) is 18.8 Å². The summed E-state index contributed by atoms with van der Waals surface area (Å²) < 4.78 is 14.2. The average Bonchev–Trinajstić information content (AvgIpc) is 3.00. The van der Waals surface area contributed by atoms with E-state index in [1.165, 1.54) is 32.1 Å². The molecule has 170 valence electrons. The fraction of sp³-hybridized carbons (Fsp3) is 0.857. The first-order valence-corrected chi connectivity index (χ1v) is 11.4. The number of nitrogens with zero attached hydrogens (tertiary/aromatic N) is 5. The third-order valence-corrected chi connectivity index (χ3v) is 6.34. The lowest BCUT2D eigenvalue weighted by Gasteiger charge is -2.35. The van der Waals surface area contributed by atoms with Crippen molar-refractivity contribution >= 4 is 29.9 Å². The van der Waals surface area contributed by atoms with Gasteiger partial charge in [-0.1, -0.05) is 6.42 Å². The molecule has 1 atom stereocenters. The molecule has 1 aromatic heterocycles. The molecule has 0 spiro atoms. The number of aliphatic imine (C=N–C) groups is 1. The molecular weight excluding hydrogens is 495 g/mol. The molecule has 2 fully saturated rings. The van der Waals surface area contributed by atoms with Crippen LogP contribution in [0.3, 0.4) is 0 Å². The Morgan fingerprint density at radius 2 is 1.97 bits per heavy atom. The molecule has 0 radical (unpaired) electrons. The zero-order chi connectivity index (χ0) is 19.9. The van der Waals surface area contributed by atoms with Gasteiger partial charge in [0.05, 0.1) is 25.4 Å². The molecule has 9 heteroatoms. The van der Waals surface area contributed by atoms with E-state index in [9.17, 15) is 0 Å². The molecule has 4 heterocycles. The summed E-state index contributed by atoms with van der Waals surface area (Å²) in [6.07, 6.45) is 11.1. The molecule has 8 nitrogen and oxygen atoms in total. The Kier molecular flexibility index (Phi) is 9.64. The summed E-state index contributed by atoms with van der Waals surface area (Å²) in [5.41, 5.74) is 0. The Hall–Kier alpha value is -0.940. The molecule has 4 rings (SSSR count). The van der Waals surface area contributed by atoms with E-state index >= 15 is 0 Å². The molecule has 30 heavy (non-hydrogen) atoms. The number of nitrogens with one attached hydrogen (secondary N) is 1. The first-order chi connectivity index (χ1) is 14.3. The van der Waals surface area contributed by atoms with Crippen molar-refractivity contribution in [2.75, 3.05) is 33.4 Å². The highest BCUT2D eigenvalue weighted by atomic mass is 127. The number of ether oxygens (including phenoxy) is 2. The number of halogens is 1. The smallest absolute Gasteiger partial charge is 0.194 e. The molecule has 0 saturated carbocycles. The topological polar surface area (TPSA) is 76.8 Å². The zero-order valence-corrected chi connectivity index (χ0v) is 20.6. The van der Waals surface area contributed by atoms with Gasteiger partial charge in [0.25, 0.3) is 0 Å². The minimum atomic E-state index is 0. The molecule has 3 aliphatic heterocycles. The van der Waals surface area contributed by atoms with Crippen molar-refractivity contribution < 1.29 is 9.47 Å². The van der Waals surface area contributed by atoms with Crippen LogP contribution in [0.15, 0.2) is 4.99 Å². The summed E-state index contributed by atoms with van der Waals surface area (Å²) in [6.45, 7) is 5.28. The Labute approximate surface area is 197 Å². The van der Waals surface area contributed by atoms with Crippen LogP contribution < -0.4 is 5.32 Å². The standard InChI is InChI=1S/C21H36N6O2.HI/c1-22-21(23-15-20-25-24-19-8-3-2-5-11-27(19)20)26-12-9-17(10-13-26)29-16-18-7-4-6-14-28-18;/h17-18H,2-16H2,1H3,(H,22,23);1H. The molecule has 0 aliphatic carbocycles. The van der Waals surface area contributed by atoms with Gasteiger partial charge in [-0.15, -0.1) is 34.2 Å². The van der Waals surface area contributed by atoms with Crippen LogP contribution in [-0.2, 0) is 29.0 Å². The third kappa shape index (κ3) is 6.29. The monoisotopic (exact) mass is 532 g/mol. The Bertz CT molecular complexity index is 668. The number of fused-ring (bicyclic) bond motifs is 1. The van der Waals surface area contributed by atoms with E-state index < -0.39 is 0 Å². The van der Waals surface area contributed by atoms with Crippen molar-refractivity contribution in [3.8, 4) is 0 Å². The van der Waals surface area contributed by atoms with Crippen molar-refractivity contribution in [3.63, 3.8) is 0 Å². The highest BCUT2D eigenvalue weighted by Gasteiger charge is 2.24. The molecule has 0 bridgehead atoms. The summed E-state index contributed by atoms with van der Waals surface area (Å²) in [5, 5.41) is 12.3. The molecule has 0 amide bonds. The zero-order valence-electron chi connectivity index (χ0n) is 18.2. The summed E-state index contributed by atoms with van der Waals surface area (Å²) in [5.74, 6) is 3.10. The summed E-state index contributed by atoms with van der Waals surface area (Å²) in [4.78, 5) is 6.83. The van der Waals surface area contributed by atoms with Crippen LogP contribution in [0.5, 0.6) is 0 Å². The fourth-order valence-electron chi connectivity index (χ4n) is 4.58. The second kappa shape index (κ2) is 12.2. The molecule has 1 N–H and O–H groups in total. The number of aromatic nitrogens is 3. The molecule has 2 saturated heterocycles. The number of aryl methyl sites for hydroxylation is 1. The number of likely N-dealkylation sites (tertiary alicyclic amines) is 1. The number of piperidine rings is 1. The maximum absolute atomic E-state index is 6.14. The Morgan fingerprint density at radius 1 is 1.10 bits per heavy atom. The van der Waals surface area contributed by atoms with Gasteiger partial charge in [0.2, 0.25) is 0 Å². The van der Waals surface area contributed by atoms with Gasteiger partial charge in [-0.2, -0.15) is 0 Å². The van der Waals surface area contributed by atoms with Gasteiger partial charge in [-0.3, -0.25) is 4.99 Å². The van der Waals surface area contributed by atoms with E-state index in [4.69, 9.17) is 9.47 Å². The minimum absolute atomic E-state index is 0. The Morgan fingerprint density at radius 3 is 2.73 bits per heavy atom. The van der Waals surface area contributed by atoms with Gasteiger partial charge >= 0.3 is 0 Å². The third-order valence-electron chi connectivity index (χ3n) is 6.34. The van der Waals surface area contributed by atoms with Crippen molar-refractivity contribution in [2.24, 2.45) is 4.99 Å². The number of hydrogen-bond donors (Lipinski definition) is 1. The summed E-state index contributed by atoms with van der Waals surface area (Å²) >= 11 is 0. The van der Waals surface area contributed by atoms with Crippen LogP contribution >= 0.6 is 24.0 Å². The molecule has 1 aromatic rings. The second-order valence-electron chi connectivity index (χ2n) is 8.40. The van der Waals surface area contributed by atoms with Crippen molar-refractivity contribution in [2.45, 2.75) is 83.1 Å². The number of rotatable bonds is 5. The quantitative estimate of drug-likeness (QED) is 0.357. The fourth-order valence-corrected chi connectivity index (χ4v) is 4.58. The highest BCUT2D eigenvalue weighted by Crippen LogP contribution is 2.18. The number of guanidine groups is 1. The molecular formula is C21H37IN6O2. The summed E-state index contributed by atoms with van der Waals surface area (Å²) in [6, 6.07) is 0. The predicted octanol–water partition coefficient (Wildman–Crippen LogP) is 2.75. The Balaban J connectivity index is 0.00000256. The van der Waals surface area contributed by atoms with Crippen molar-refractivity contribution in [1.82, 2.24) is 25.0 Å². The van der Waals surface area contributed by atoms with Gasteiger partial charge in [0, 0.05) is 39.7 Å². The first-order valence-electron chi connectivity index (χ1n) is 11.4. The van der Waals surface area contributed by atoms with E-state index in [0.717, 1.165) is 76.1 Å². The molecule has 0 aromatic carbocycles. The van der Waals surface area contributed by atoms with Gasteiger partial charge in [-0.25, -0.2) is 0 Å². The first kappa shape index (κ1) is 23.7. The molecule has 1 unspecified atom stereocenters. The number of hydrogen-bond acceptors (Lipinski definition) is 5. The van der Waals surface area contributed by atoms with Gasteiger partial charge in [0.1, 0.15) is 5.82 Å². The van der Waals surface area contributed by atoms with Crippen molar-refractivity contribution in [1.29, 1.82) is 0 Å². The maximum atomic E-state index is 6.14. The highest BCUT2D eigenvalue weighted by molar-refractivity contribution is 14.0. The lowest BCUT2D eigenvalue weighted by Crippen LogP contribution is -2.47. The van der Waals surface area contributed by atoms with Gasteiger partial charge in [-0.05, 0) is 44.9 Å². The predicted molar refractivity (Wildman–Crippen MR) is 127 cm³/mol. The lowest BCUT2D eigenvalue weighted by atomic mass is 10.1. The summed E-state index contributed by atoms with van der Waals surface area (Å²) in [7, 11) is 1.86. The lowest BCUT2D eigenvalue weighted by molar-refractivity contribution is -0.0721. The van der Waals surface area contributed by atoms with E-state index in [1.54, 1.807) is 0 Å². The second-order valence-corrected chi connectivity index (χ2v) is 8.40. The van der Waals surface area contributed by atoms with Crippen LogP contribution in [0.2, 0.25) is 0 Å². The normalized spacial score (nSPS) is 23.4. The van der Waals surface area contributed by atoms with Crippen LogP contribution in [0.25, 0.3) is 0 Å². The van der Waals surface area contributed by atoms with Crippen molar-refractivity contribution in [3.05, 3.63) is 11.6 Å². The van der Waals surface area contributed by atoms with Crippen LogP contribution in [0, 0.1) is 0 Å². The van der Waals surface area contributed by atoms with Crippen LogP contribution in [0.4, 0.5) is 0 Å². The van der Waals surface area contributed by atoms with Crippen LogP contribution in [-0.4, -0.2) is 71.2 Å². The maximum Gasteiger partial charge on any atom is 0.194 e. The van der Waals surface area contributed by atoms with Gasteiger partial charge in [0.15, 0.2) is 11.8 Å². The van der Waals surface area contributed by atoms with Crippen LogP contribution in [0.1, 0.15) is 63.0 Å². The largest absolute Gasteiger partial charge is 0.376 e. The van der Waals surface area contributed by atoms with E-state index in [2.05, 4.69) is 30.0 Å². The van der Waals surface area contributed by atoms with E-state index in [1.807, 2.05) is 7.05 Å². The van der Waals surface area contributed by atoms with E-state index in [-0.39, 0.29) is 24.0 Å². The van der Waals surface area contributed by atoms with Gasteiger partial charge < -0.3 is 24.3 Å². The SMILES string of the molecule is CN=C(NCc1nnc2n1CCCCC2)N1CCC(OCC2CCCCO2)CC1.I. The minimum Gasteiger partial charge on any atom is -0.376 e.